The van der Waals surface area contributed by atoms with Gasteiger partial charge in [0.2, 0.25) is 12.3 Å². The second kappa shape index (κ2) is 16.8. The molecule has 1 aromatic heterocycles. The van der Waals surface area contributed by atoms with Gasteiger partial charge in [0.1, 0.15) is 11.6 Å². The normalized spacial score (nSPS) is 11.1. The average Bonchev–Trinajstić information content (AvgIpc) is 3.52. The minimum absolute atomic E-state index is 0.144. The standard InChI is InChI=1S/C36H47N7O5/c1-24-14-17-29(30(21-24)48-20-9-7-8-13-32(45)42(4)19-18-41(2)3)43(5)36(46)27-16-15-26(35(47-6)34(27)38-23-44)25-11-10-12-28-33(25)40-31(22-37)39-28/h10-12,14-17,21,23H,7-9,13,18-20,22,37H2,1-6H3,(H,38,44)(H,39,40). The number of carbonyl (C=O) groups is 3. The summed E-state index contributed by atoms with van der Waals surface area (Å²) in [6.07, 6.45) is 3.41. The van der Waals surface area contributed by atoms with Crippen molar-refractivity contribution in [1.82, 2.24) is 19.8 Å². The number of likely N-dealkylation sites (N-methyl/N-ethyl adjacent to an activating group) is 2. The Balaban J connectivity index is 1.51. The Labute approximate surface area is 282 Å². The molecule has 0 fully saturated rings. The fourth-order valence-corrected chi connectivity index (χ4v) is 5.49. The molecule has 0 aliphatic heterocycles. The van der Waals surface area contributed by atoms with Crippen LogP contribution in [0.15, 0.2) is 48.5 Å². The van der Waals surface area contributed by atoms with Crippen molar-refractivity contribution in [2.24, 2.45) is 5.73 Å². The van der Waals surface area contributed by atoms with Gasteiger partial charge < -0.3 is 40.2 Å². The number of nitrogens with two attached hydrogens (primary N) is 1. The monoisotopic (exact) mass is 657 g/mol. The Hall–Kier alpha value is -4.94. The molecule has 0 saturated heterocycles. The van der Waals surface area contributed by atoms with Crippen LogP contribution in [0, 0.1) is 6.92 Å². The molecule has 0 atom stereocenters. The summed E-state index contributed by atoms with van der Waals surface area (Å²) in [7, 11) is 8.99. The van der Waals surface area contributed by atoms with Crippen molar-refractivity contribution in [3.05, 3.63) is 65.5 Å². The van der Waals surface area contributed by atoms with Gasteiger partial charge in [-0.2, -0.15) is 0 Å². The number of anilines is 2. The molecule has 256 valence electrons. The van der Waals surface area contributed by atoms with Gasteiger partial charge in [-0.1, -0.05) is 18.2 Å². The highest BCUT2D eigenvalue weighted by atomic mass is 16.5. The number of aromatic amines is 1. The Morgan fingerprint density at radius 1 is 1.00 bits per heavy atom. The minimum Gasteiger partial charge on any atom is -0.494 e. The van der Waals surface area contributed by atoms with Gasteiger partial charge in [-0.25, -0.2) is 4.98 Å². The van der Waals surface area contributed by atoms with Gasteiger partial charge in [0.05, 0.1) is 48.2 Å². The molecule has 0 radical (unpaired) electrons. The van der Waals surface area contributed by atoms with Crippen molar-refractivity contribution in [2.45, 2.75) is 39.2 Å². The second-order valence-electron chi connectivity index (χ2n) is 12.0. The predicted molar refractivity (Wildman–Crippen MR) is 190 cm³/mol. The topological polar surface area (TPSA) is 146 Å². The molecule has 0 unspecified atom stereocenters. The molecule has 4 rings (SSSR count). The molecule has 4 aromatic rings. The number of methoxy groups -OCH3 is 1. The zero-order valence-electron chi connectivity index (χ0n) is 28.8. The van der Waals surface area contributed by atoms with Crippen molar-refractivity contribution in [2.75, 3.05) is 65.2 Å². The highest BCUT2D eigenvalue weighted by Gasteiger charge is 2.25. The zero-order chi connectivity index (χ0) is 34.8. The summed E-state index contributed by atoms with van der Waals surface area (Å²) < 4.78 is 12.0. The van der Waals surface area contributed by atoms with Crippen molar-refractivity contribution in [3.63, 3.8) is 0 Å². The van der Waals surface area contributed by atoms with Crippen LogP contribution in [0.2, 0.25) is 0 Å². The SMILES string of the molecule is COc1c(-c2cccc3[nH]c(CN)nc23)ccc(C(=O)N(C)c2ccc(C)cc2OCCCCCC(=O)N(C)CCN(C)C)c1NC=O. The fourth-order valence-electron chi connectivity index (χ4n) is 5.49. The molecule has 0 spiro atoms. The average molecular weight is 658 g/mol. The summed E-state index contributed by atoms with van der Waals surface area (Å²) >= 11 is 0. The lowest BCUT2D eigenvalue weighted by atomic mass is 9.98. The molecular weight excluding hydrogens is 610 g/mol. The molecular formula is C36H47N7O5. The number of hydrogen-bond acceptors (Lipinski definition) is 8. The van der Waals surface area contributed by atoms with E-state index in [1.54, 1.807) is 24.1 Å². The van der Waals surface area contributed by atoms with Crippen LogP contribution < -0.4 is 25.4 Å². The Kier molecular flexibility index (Phi) is 12.5. The number of imidazole rings is 1. The van der Waals surface area contributed by atoms with E-state index >= 15 is 0 Å². The number of ether oxygens (including phenoxy) is 2. The molecule has 0 bridgehead atoms. The van der Waals surface area contributed by atoms with Gasteiger partial charge in [0.25, 0.3) is 5.91 Å². The lowest BCUT2D eigenvalue weighted by Crippen LogP contribution is -2.33. The third-order valence-corrected chi connectivity index (χ3v) is 8.22. The maximum Gasteiger partial charge on any atom is 0.260 e. The Bertz CT molecular complexity index is 1740. The number of para-hydroxylation sites is 1. The summed E-state index contributed by atoms with van der Waals surface area (Å²) in [6, 6.07) is 14.8. The number of nitrogens with zero attached hydrogens (tertiary/aromatic N) is 4. The highest BCUT2D eigenvalue weighted by Crippen LogP contribution is 2.42. The van der Waals surface area contributed by atoms with Crippen LogP contribution in [0.4, 0.5) is 11.4 Å². The number of rotatable bonds is 17. The smallest absolute Gasteiger partial charge is 0.260 e. The number of nitrogens with one attached hydrogen (secondary N) is 2. The Morgan fingerprint density at radius 2 is 1.79 bits per heavy atom. The van der Waals surface area contributed by atoms with Crippen LogP contribution in [0.1, 0.15) is 47.4 Å². The first-order valence-electron chi connectivity index (χ1n) is 16.1. The molecule has 0 aliphatic rings. The van der Waals surface area contributed by atoms with E-state index in [0.717, 1.165) is 42.5 Å². The minimum atomic E-state index is -0.363. The first-order chi connectivity index (χ1) is 23.1. The van der Waals surface area contributed by atoms with E-state index in [0.29, 0.717) is 60.1 Å². The number of H-pyrrole nitrogens is 1. The van der Waals surface area contributed by atoms with Gasteiger partial charge in [-0.15, -0.1) is 0 Å². The van der Waals surface area contributed by atoms with Crippen LogP contribution in [-0.2, 0) is 16.1 Å². The molecule has 3 amide bonds. The number of unbranched alkanes of at least 4 members (excludes halogenated alkanes) is 2. The lowest BCUT2D eigenvalue weighted by Gasteiger charge is -2.24. The third-order valence-electron chi connectivity index (χ3n) is 8.22. The van der Waals surface area contributed by atoms with E-state index in [1.165, 1.54) is 12.0 Å². The molecule has 48 heavy (non-hydrogen) atoms. The zero-order valence-corrected chi connectivity index (χ0v) is 28.8. The Morgan fingerprint density at radius 3 is 2.50 bits per heavy atom. The van der Waals surface area contributed by atoms with Gasteiger partial charge in [0.15, 0.2) is 5.75 Å². The first-order valence-corrected chi connectivity index (χ1v) is 16.1. The first kappa shape index (κ1) is 35.9. The van der Waals surface area contributed by atoms with Gasteiger partial charge in [0, 0.05) is 44.7 Å². The summed E-state index contributed by atoms with van der Waals surface area (Å²) in [5.74, 6) is 1.32. The molecule has 12 nitrogen and oxygen atoms in total. The quantitative estimate of drug-likeness (QED) is 0.108. The third kappa shape index (κ3) is 8.50. The van der Waals surface area contributed by atoms with Gasteiger partial charge >= 0.3 is 0 Å². The number of aromatic nitrogens is 2. The lowest BCUT2D eigenvalue weighted by molar-refractivity contribution is -0.130. The van der Waals surface area contributed by atoms with Crippen molar-refractivity contribution < 1.29 is 23.9 Å². The van der Waals surface area contributed by atoms with E-state index in [-0.39, 0.29) is 29.6 Å². The van der Waals surface area contributed by atoms with Crippen LogP contribution in [-0.4, -0.2) is 93.0 Å². The maximum absolute atomic E-state index is 14.1. The largest absolute Gasteiger partial charge is 0.494 e. The van der Waals surface area contributed by atoms with Crippen molar-refractivity contribution in [3.8, 4) is 22.6 Å². The maximum atomic E-state index is 14.1. The highest BCUT2D eigenvalue weighted by molar-refractivity contribution is 6.13. The van der Waals surface area contributed by atoms with Crippen molar-refractivity contribution >= 4 is 40.6 Å². The van der Waals surface area contributed by atoms with E-state index in [9.17, 15) is 14.4 Å². The summed E-state index contributed by atoms with van der Waals surface area (Å²) in [6.45, 7) is 4.19. The molecule has 1 heterocycles. The van der Waals surface area contributed by atoms with Crippen LogP contribution in [0.5, 0.6) is 11.5 Å². The molecule has 12 heteroatoms. The second-order valence-corrected chi connectivity index (χ2v) is 12.0. The van der Waals surface area contributed by atoms with E-state index in [2.05, 4.69) is 20.2 Å². The van der Waals surface area contributed by atoms with Crippen molar-refractivity contribution in [1.29, 1.82) is 0 Å². The summed E-state index contributed by atoms with van der Waals surface area (Å²) in [5, 5.41) is 2.70. The molecule has 4 N–H and O–H groups in total. The number of carbonyl (C=O) groups excluding carboxylic acids is 3. The predicted octanol–water partition coefficient (Wildman–Crippen LogP) is 4.81. The van der Waals surface area contributed by atoms with E-state index in [1.807, 2.05) is 64.5 Å². The number of hydrogen-bond donors (Lipinski definition) is 3. The summed E-state index contributed by atoms with van der Waals surface area (Å²) in [4.78, 5) is 51.4. The molecule has 0 aliphatic carbocycles. The van der Waals surface area contributed by atoms with Gasteiger partial charge in [-0.05, 0) is 76.2 Å². The number of fused-ring (bicyclic) bond motifs is 1. The van der Waals surface area contributed by atoms with Gasteiger partial charge in [-0.3, -0.25) is 14.4 Å². The number of aryl methyl sites for hydroxylation is 1. The molecule has 0 saturated carbocycles. The van der Waals surface area contributed by atoms with E-state index < -0.39 is 0 Å². The number of amides is 3. The van der Waals surface area contributed by atoms with Crippen LogP contribution in [0.3, 0.4) is 0 Å². The van der Waals surface area contributed by atoms with Crippen LogP contribution in [0.25, 0.3) is 22.2 Å². The summed E-state index contributed by atoms with van der Waals surface area (Å²) in [5.41, 5.74) is 10.8. The fraction of sp³-hybridized carbons (Fsp3) is 0.389. The molecule has 3 aromatic carbocycles. The van der Waals surface area contributed by atoms with Crippen LogP contribution >= 0.6 is 0 Å². The van der Waals surface area contributed by atoms with E-state index in [4.69, 9.17) is 15.2 Å². The number of benzene rings is 3.